The van der Waals surface area contributed by atoms with Crippen LogP contribution in [0.4, 0.5) is 5.69 Å². The monoisotopic (exact) mass is 324 g/mol. The molecule has 0 saturated heterocycles. The highest BCUT2D eigenvalue weighted by atomic mass is 32.2. The summed E-state index contributed by atoms with van der Waals surface area (Å²) in [4.78, 5) is 16.0. The van der Waals surface area contributed by atoms with Crippen LogP contribution in [0, 0.1) is 0 Å². The molecule has 0 saturated carbocycles. The third-order valence-corrected chi connectivity index (χ3v) is 5.08. The van der Waals surface area contributed by atoms with Crippen LogP contribution in [0.25, 0.3) is 11.0 Å². The van der Waals surface area contributed by atoms with Gasteiger partial charge >= 0.3 is 0 Å². The summed E-state index contributed by atoms with van der Waals surface area (Å²) in [6.45, 7) is 3.51. The molecule has 0 N–H and O–H groups in total. The number of anilines is 1. The number of fused-ring (bicyclic) bond motifs is 2. The second-order valence-electron chi connectivity index (χ2n) is 5.38. The molecule has 1 aliphatic heterocycles. The molecular formula is C17H16N4OS. The molecule has 0 radical (unpaired) electrons. The van der Waals surface area contributed by atoms with Gasteiger partial charge in [0.25, 0.3) is 5.91 Å². The number of aryl methyl sites for hydroxylation is 1. The number of rotatable bonds is 2. The number of hydrogen-bond donors (Lipinski definition) is 0. The molecular weight excluding hydrogens is 308 g/mol. The van der Waals surface area contributed by atoms with Crippen molar-refractivity contribution in [1.82, 2.24) is 15.0 Å². The summed E-state index contributed by atoms with van der Waals surface area (Å²) in [5, 5.41) is 8.26. The van der Waals surface area contributed by atoms with E-state index in [2.05, 4.69) is 16.4 Å². The van der Waals surface area contributed by atoms with Crippen molar-refractivity contribution in [1.29, 1.82) is 0 Å². The maximum atomic E-state index is 12.9. The van der Waals surface area contributed by atoms with Gasteiger partial charge in [-0.3, -0.25) is 4.79 Å². The molecule has 2 heterocycles. The summed E-state index contributed by atoms with van der Waals surface area (Å²) in [6.07, 6.45) is 0. The van der Waals surface area contributed by atoms with Crippen molar-refractivity contribution in [3.63, 3.8) is 0 Å². The molecule has 1 aliphatic rings. The quantitative estimate of drug-likeness (QED) is 0.726. The molecule has 1 aromatic heterocycles. The third-order valence-electron chi connectivity index (χ3n) is 4.03. The van der Waals surface area contributed by atoms with Crippen LogP contribution in [0.5, 0.6) is 0 Å². The van der Waals surface area contributed by atoms with Gasteiger partial charge in [-0.15, -0.1) is 16.9 Å². The first-order valence-corrected chi connectivity index (χ1v) is 8.63. The number of benzene rings is 2. The Morgan fingerprint density at radius 3 is 3.00 bits per heavy atom. The molecule has 2 aromatic carbocycles. The molecule has 0 fully saturated rings. The van der Waals surface area contributed by atoms with Gasteiger partial charge in [-0.25, -0.2) is 4.68 Å². The zero-order chi connectivity index (χ0) is 15.8. The lowest BCUT2D eigenvalue weighted by Crippen LogP contribution is -2.35. The number of thioether (sulfide) groups is 1. The molecule has 0 bridgehead atoms. The average molecular weight is 324 g/mol. The number of carbonyl (C=O) groups excluding carboxylic acids is 1. The van der Waals surface area contributed by atoms with E-state index in [1.165, 1.54) is 0 Å². The average Bonchev–Trinajstić information content (AvgIpc) is 3.03. The minimum absolute atomic E-state index is 0.0192. The van der Waals surface area contributed by atoms with E-state index in [0.717, 1.165) is 40.5 Å². The highest BCUT2D eigenvalue weighted by Gasteiger charge is 2.24. The highest BCUT2D eigenvalue weighted by molar-refractivity contribution is 7.99. The van der Waals surface area contributed by atoms with E-state index >= 15 is 0 Å². The SMILES string of the molecule is CCn1nnc2cc(C(=O)N3CCSc4ccccc43)ccc21. The maximum absolute atomic E-state index is 12.9. The zero-order valence-corrected chi connectivity index (χ0v) is 13.6. The van der Waals surface area contributed by atoms with Crippen LogP contribution < -0.4 is 4.90 Å². The Kier molecular flexibility index (Phi) is 3.53. The van der Waals surface area contributed by atoms with Gasteiger partial charge in [0.1, 0.15) is 5.52 Å². The van der Waals surface area contributed by atoms with E-state index in [1.54, 1.807) is 11.8 Å². The van der Waals surface area contributed by atoms with Crippen LogP contribution in [-0.4, -0.2) is 33.2 Å². The molecule has 23 heavy (non-hydrogen) atoms. The molecule has 4 rings (SSSR count). The number of amides is 1. The van der Waals surface area contributed by atoms with Crippen LogP contribution in [0.1, 0.15) is 17.3 Å². The van der Waals surface area contributed by atoms with Crippen molar-refractivity contribution in [3.8, 4) is 0 Å². The van der Waals surface area contributed by atoms with Crippen molar-refractivity contribution in [3.05, 3.63) is 48.0 Å². The highest BCUT2D eigenvalue weighted by Crippen LogP contribution is 2.35. The lowest BCUT2D eigenvalue weighted by atomic mass is 10.1. The molecule has 0 spiro atoms. The van der Waals surface area contributed by atoms with E-state index in [-0.39, 0.29) is 5.91 Å². The maximum Gasteiger partial charge on any atom is 0.258 e. The van der Waals surface area contributed by atoms with Gasteiger partial charge in [-0.05, 0) is 37.3 Å². The minimum Gasteiger partial charge on any atom is -0.306 e. The van der Waals surface area contributed by atoms with Crippen LogP contribution >= 0.6 is 11.8 Å². The lowest BCUT2D eigenvalue weighted by molar-refractivity contribution is 0.0988. The standard InChI is InChI=1S/C17H16N4OS/c1-2-21-14-8-7-12(11-13(14)18-19-21)17(22)20-9-10-23-16-6-4-3-5-15(16)20/h3-8,11H,2,9-10H2,1H3. The van der Waals surface area contributed by atoms with Crippen molar-refractivity contribution >= 4 is 34.4 Å². The van der Waals surface area contributed by atoms with Gasteiger partial charge in [0.05, 0.1) is 11.2 Å². The van der Waals surface area contributed by atoms with E-state index in [0.29, 0.717) is 5.56 Å². The Bertz CT molecular complexity index is 889. The van der Waals surface area contributed by atoms with Gasteiger partial charge in [0.2, 0.25) is 0 Å². The van der Waals surface area contributed by atoms with Crippen molar-refractivity contribution in [2.45, 2.75) is 18.4 Å². The number of carbonyl (C=O) groups is 1. The molecule has 0 aliphatic carbocycles. The number of aromatic nitrogens is 3. The topological polar surface area (TPSA) is 51.0 Å². The normalized spacial score (nSPS) is 14.0. The Balaban J connectivity index is 1.72. The fourth-order valence-corrected chi connectivity index (χ4v) is 3.87. The van der Waals surface area contributed by atoms with E-state index in [4.69, 9.17) is 0 Å². The summed E-state index contributed by atoms with van der Waals surface area (Å²) in [7, 11) is 0. The van der Waals surface area contributed by atoms with E-state index < -0.39 is 0 Å². The number of nitrogens with zero attached hydrogens (tertiary/aromatic N) is 4. The fraction of sp³-hybridized carbons (Fsp3) is 0.235. The zero-order valence-electron chi connectivity index (χ0n) is 12.8. The molecule has 5 nitrogen and oxygen atoms in total. The van der Waals surface area contributed by atoms with E-state index in [9.17, 15) is 4.79 Å². The van der Waals surface area contributed by atoms with Gasteiger partial charge < -0.3 is 4.90 Å². The Morgan fingerprint density at radius 1 is 1.26 bits per heavy atom. The second kappa shape index (κ2) is 5.70. The minimum atomic E-state index is 0.0192. The van der Waals surface area contributed by atoms with Crippen molar-refractivity contribution in [2.24, 2.45) is 0 Å². The summed E-state index contributed by atoms with van der Waals surface area (Å²) in [5.74, 6) is 0.933. The smallest absolute Gasteiger partial charge is 0.258 e. The molecule has 1 amide bonds. The summed E-state index contributed by atoms with van der Waals surface area (Å²) in [6, 6.07) is 13.7. The number of para-hydroxylation sites is 1. The predicted molar refractivity (Wildman–Crippen MR) is 92.0 cm³/mol. The molecule has 0 atom stereocenters. The Hall–Kier alpha value is -2.34. The van der Waals surface area contributed by atoms with Crippen molar-refractivity contribution < 1.29 is 4.79 Å². The first-order valence-electron chi connectivity index (χ1n) is 7.65. The third kappa shape index (κ3) is 2.39. The van der Waals surface area contributed by atoms with Crippen LogP contribution in [-0.2, 0) is 6.54 Å². The predicted octanol–water partition coefficient (Wildman–Crippen LogP) is 3.20. The molecule has 3 aromatic rings. The first-order chi connectivity index (χ1) is 11.3. The van der Waals surface area contributed by atoms with Gasteiger partial charge in [-0.2, -0.15) is 0 Å². The second-order valence-corrected chi connectivity index (χ2v) is 6.52. The summed E-state index contributed by atoms with van der Waals surface area (Å²) in [5.41, 5.74) is 3.37. The summed E-state index contributed by atoms with van der Waals surface area (Å²) < 4.78 is 1.83. The Labute approximate surface area is 138 Å². The first kappa shape index (κ1) is 14.3. The molecule has 116 valence electrons. The largest absolute Gasteiger partial charge is 0.306 e. The van der Waals surface area contributed by atoms with Gasteiger partial charge in [0, 0.05) is 29.3 Å². The lowest BCUT2D eigenvalue weighted by Gasteiger charge is -2.29. The number of hydrogen-bond acceptors (Lipinski definition) is 4. The van der Waals surface area contributed by atoms with Crippen molar-refractivity contribution in [2.75, 3.05) is 17.2 Å². The van der Waals surface area contributed by atoms with E-state index in [1.807, 2.05) is 52.9 Å². The van der Waals surface area contributed by atoms with Crippen LogP contribution in [0.15, 0.2) is 47.4 Å². The van der Waals surface area contributed by atoms with Crippen LogP contribution in [0.3, 0.4) is 0 Å². The molecule has 0 unspecified atom stereocenters. The fourth-order valence-electron chi connectivity index (χ4n) is 2.88. The van der Waals surface area contributed by atoms with Gasteiger partial charge in [0.15, 0.2) is 0 Å². The molecule has 6 heteroatoms. The Morgan fingerprint density at radius 2 is 2.13 bits per heavy atom. The summed E-state index contributed by atoms with van der Waals surface area (Å²) >= 11 is 1.79. The van der Waals surface area contributed by atoms with Crippen LogP contribution in [0.2, 0.25) is 0 Å². The van der Waals surface area contributed by atoms with Gasteiger partial charge in [-0.1, -0.05) is 17.3 Å².